The van der Waals surface area contributed by atoms with Crippen molar-refractivity contribution in [2.24, 2.45) is 0 Å². The molecule has 0 saturated carbocycles. The molecule has 2 atom stereocenters. The van der Waals surface area contributed by atoms with E-state index < -0.39 is 40.4 Å². The molecule has 1 saturated heterocycles. The second kappa shape index (κ2) is 8.92. The molecule has 5 rings (SSSR count). The molecule has 9 nitrogen and oxygen atoms in total. The summed E-state index contributed by atoms with van der Waals surface area (Å²) in [6, 6.07) is 13.4. The standard InChI is InChI=1S/C25H17Cl2N3O6/c1-2-36-15-9-6-13(7-10-15)21-22(25(33)28(21)14-8-11-17(26)18(27)12-14)29-23(31)16-4-3-5-19(30(34)35)20(16)24(29)32/h3-12,21-22H,2H2,1H3/t21-,22-/m1/s1. The largest absolute Gasteiger partial charge is 0.494 e. The molecule has 1 fully saturated rings. The highest BCUT2D eigenvalue weighted by molar-refractivity contribution is 6.42. The van der Waals surface area contributed by atoms with E-state index in [1.807, 2.05) is 6.92 Å². The number of nitro groups is 1. The molecule has 3 aromatic carbocycles. The Hall–Kier alpha value is -3.95. The summed E-state index contributed by atoms with van der Waals surface area (Å²) in [6.45, 7) is 2.31. The SMILES string of the molecule is CCOc1ccc([C@@H]2[C@@H](N3C(=O)c4cccc([N+](=O)[O-])c4C3=O)C(=O)N2c2ccc(Cl)c(Cl)c2)cc1. The van der Waals surface area contributed by atoms with Crippen molar-refractivity contribution in [3.05, 3.63) is 97.5 Å². The van der Waals surface area contributed by atoms with Crippen molar-refractivity contribution in [1.82, 2.24) is 4.90 Å². The van der Waals surface area contributed by atoms with Gasteiger partial charge in [0.2, 0.25) is 0 Å². The second-order valence-corrected chi connectivity index (χ2v) is 8.95. The predicted octanol–water partition coefficient (Wildman–Crippen LogP) is 5.05. The molecule has 0 radical (unpaired) electrons. The van der Waals surface area contributed by atoms with Gasteiger partial charge < -0.3 is 9.64 Å². The van der Waals surface area contributed by atoms with Crippen LogP contribution in [-0.4, -0.2) is 40.2 Å². The van der Waals surface area contributed by atoms with Crippen molar-refractivity contribution in [2.75, 3.05) is 11.5 Å². The number of hydrogen-bond donors (Lipinski definition) is 0. The fourth-order valence-corrected chi connectivity index (χ4v) is 4.89. The number of anilines is 1. The second-order valence-electron chi connectivity index (χ2n) is 8.14. The minimum atomic E-state index is -1.22. The van der Waals surface area contributed by atoms with Crippen molar-refractivity contribution in [2.45, 2.75) is 19.0 Å². The van der Waals surface area contributed by atoms with Crippen LogP contribution in [-0.2, 0) is 4.79 Å². The molecule has 3 amide bonds. The van der Waals surface area contributed by atoms with Crippen LogP contribution in [0.4, 0.5) is 11.4 Å². The molecule has 11 heteroatoms. The van der Waals surface area contributed by atoms with Gasteiger partial charge in [-0.2, -0.15) is 0 Å². The van der Waals surface area contributed by atoms with Crippen molar-refractivity contribution >= 4 is 52.3 Å². The summed E-state index contributed by atoms with van der Waals surface area (Å²) in [5.74, 6) is -1.57. The molecule has 0 aliphatic carbocycles. The number of carbonyl (C=O) groups excluding carboxylic acids is 3. The van der Waals surface area contributed by atoms with Gasteiger partial charge in [-0.05, 0) is 48.9 Å². The number of ether oxygens (including phenoxy) is 1. The van der Waals surface area contributed by atoms with Gasteiger partial charge in [-0.15, -0.1) is 0 Å². The maximum atomic E-state index is 13.5. The third kappa shape index (κ3) is 3.59. The number of nitrogens with zero attached hydrogens (tertiary/aromatic N) is 3. The maximum absolute atomic E-state index is 13.5. The molecule has 0 spiro atoms. The van der Waals surface area contributed by atoms with Gasteiger partial charge in [-0.25, -0.2) is 0 Å². The highest BCUT2D eigenvalue weighted by Gasteiger charge is 2.58. The number of benzene rings is 3. The van der Waals surface area contributed by atoms with Crippen LogP contribution in [0.3, 0.4) is 0 Å². The minimum absolute atomic E-state index is 0.111. The molecule has 3 aromatic rings. The van der Waals surface area contributed by atoms with Crippen molar-refractivity contribution in [3.63, 3.8) is 0 Å². The zero-order valence-corrected chi connectivity index (χ0v) is 20.2. The van der Waals surface area contributed by atoms with E-state index in [-0.39, 0.29) is 16.1 Å². The Morgan fingerprint density at radius 3 is 2.28 bits per heavy atom. The van der Waals surface area contributed by atoms with E-state index in [1.54, 1.807) is 36.4 Å². The van der Waals surface area contributed by atoms with Crippen LogP contribution < -0.4 is 9.64 Å². The summed E-state index contributed by atoms with van der Waals surface area (Å²) in [6.07, 6.45) is 0. The van der Waals surface area contributed by atoms with E-state index in [4.69, 9.17) is 27.9 Å². The van der Waals surface area contributed by atoms with Gasteiger partial charge in [-0.3, -0.25) is 29.4 Å². The molecule has 0 unspecified atom stereocenters. The molecule has 2 aliphatic rings. The van der Waals surface area contributed by atoms with Gasteiger partial charge in [0.05, 0.1) is 33.2 Å². The summed E-state index contributed by atoms with van der Waals surface area (Å²) in [7, 11) is 0. The van der Waals surface area contributed by atoms with Crippen LogP contribution in [0.1, 0.15) is 39.2 Å². The molecule has 0 N–H and O–H groups in total. The number of hydrogen-bond acceptors (Lipinski definition) is 6. The lowest BCUT2D eigenvalue weighted by atomic mass is 9.86. The third-order valence-corrected chi connectivity index (χ3v) is 6.92. The van der Waals surface area contributed by atoms with E-state index in [9.17, 15) is 24.5 Å². The van der Waals surface area contributed by atoms with Crippen molar-refractivity contribution in [3.8, 4) is 5.75 Å². The number of rotatable bonds is 6. The Morgan fingerprint density at radius 1 is 0.917 bits per heavy atom. The molecule has 0 bridgehead atoms. The van der Waals surface area contributed by atoms with Gasteiger partial charge in [-0.1, -0.05) is 41.4 Å². The first-order valence-electron chi connectivity index (χ1n) is 10.9. The van der Waals surface area contributed by atoms with Gasteiger partial charge in [0.1, 0.15) is 17.4 Å². The number of amides is 3. The Labute approximate surface area is 214 Å². The normalized spacial score (nSPS) is 18.8. The summed E-state index contributed by atoms with van der Waals surface area (Å²) < 4.78 is 5.50. The molecule has 36 heavy (non-hydrogen) atoms. The fourth-order valence-electron chi connectivity index (χ4n) is 4.60. The summed E-state index contributed by atoms with van der Waals surface area (Å²) in [5.41, 5.74) is 0.130. The Bertz CT molecular complexity index is 1440. The summed E-state index contributed by atoms with van der Waals surface area (Å²) in [5, 5.41) is 12.0. The Balaban J connectivity index is 1.59. The molecular weight excluding hydrogens is 509 g/mol. The molecule has 2 aliphatic heterocycles. The van der Waals surface area contributed by atoms with Crippen LogP contribution in [0.2, 0.25) is 10.0 Å². The van der Waals surface area contributed by atoms with Gasteiger partial charge >= 0.3 is 0 Å². The van der Waals surface area contributed by atoms with Crippen LogP contribution in [0.25, 0.3) is 0 Å². The predicted molar refractivity (Wildman–Crippen MR) is 132 cm³/mol. The molecule has 0 aromatic heterocycles. The summed E-state index contributed by atoms with van der Waals surface area (Å²) in [4.78, 5) is 53.1. The molecule has 182 valence electrons. The van der Waals surface area contributed by atoms with Crippen molar-refractivity contribution in [1.29, 1.82) is 0 Å². The Kier molecular flexibility index (Phi) is 5.89. The quantitative estimate of drug-likeness (QED) is 0.192. The van der Waals surface area contributed by atoms with E-state index in [0.717, 1.165) is 11.0 Å². The van der Waals surface area contributed by atoms with Crippen molar-refractivity contribution < 1.29 is 24.0 Å². The number of carbonyl (C=O) groups is 3. The monoisotopic (exact) mass is 525 g/mol. The lowest BCUT2D eigenvalue weighted by molar-refractivity contribution is -0.385. The first-order chi connectivity index (χ1) is 17.2. The van der Waals surface area contributed by atoms with Crippen LogP contribution in [0.15, 0.2) is 60.7 Å². The average Bonchev–Trinajstić information content (AvgIpc) is 3.10. The topological polar surface area (TPSA) is 110 Å². The van der Waals surface area contributed by atoms with Gasteiger partial charge in [0, 0.05) is 11.8 Å². The number of nitro benzene ring substituents is 1. The van der Waals surface area contributed by atoms with Gasteiger partial charge in [0.15, 0.2) is 0 Å². The highest BCUT2D eigenvalue weighted by atomic mass is 35.5. The number of fused-ring (bicyclic) bond motifs is 1. The zero-order chi connectivity index (χ0) is 25.7. The van der Waals surface area contributed by atoms with E-state index >= 15 is 0 Å². The number of halogens is 2. The maximum Gasteiger partial charge on any atom is 0.282 e. The Morgan fingerprint density at radius 2 is 1.64 bits per heavy atom. The van der Waals surface area contributed by atoms with Gasteiger partial charge in [0.25, 0.3) is 23.4 Å². The number of imide groups is 1. The first kappa shape index (κ1) is 23.8. The smallest absolute Gasteiger partial charge is 0.282 e. The first-order valence-corrected chi connectivity index (χ1v) is 11.7. The third-order valence-electron chi connectivity index (χ3n) is 6.18. The van der Waals surface area contributed by atoms with E-state index in [0.29, 0.717) is 28.6 Å². The van der Waals surface area contributed by atoms with Crippen LogP contribution in [0, 0.1) is 10.1 Å². The van der Waals surface area contributed by atoms with Crippen LogP contribution in [0.5, 0.6) is 5.75 Å². The van der Waals surface area contributed by atoms with E-state index in [1.165, 1.54) is 23.1 Å². The lowest BCUT2D eigenvalue weighted by Crippen LogP contribution is -2.67. The highest BCUT2D eigenvalue weighted by Crippen LogP contribution is 2.46. The molecule has 2 heterocycles. The van der Waals surface area contributed by atoms with Crippen LogP contribution >= 0.6 is 23.2 Å². The minimum Gasteiger partial charge on any atom is -0.494 e. The average molecular weight is 526 g/mol. The number of β-lactam (4-membered cyclic amide) rings is 1. The summed E-state index contributed by atoms with van der Waals surface area (Å²) >= 11 is 12.2. The lowest BCUT2D eigenvalue weighted by Gasteiger charge is -2.49. The van der Waals surface area contributed by atoms with E-state index in [2.05, 4.69) is 0 Å². The fraction of sp³-hybridized carbons (Fsp3) is 0.160. The molecular formula is C25H17Cl2N3O6. The zero-order valence-electron chi connectivity index (χ0n) is 18.7.